The number of carbonyl (C=O) groups is 3. The summed E-state index contributed by atoms with van der Waals surface area (Å²) in [7, 11) is 0. The molecule has 1 saturated heterocycles. The maximum Gasteiger partial charge on any atom is 0.344 e. The Labute approximate surface area is 166 Å². The lowest BCUT2D eigenvalue weighted by molar-refractivity contribution is -0.145. The van der Waals surface area contributed by atoms with Gasteiger partial charge in [-0.15, -0.1) is 0 Å². The summed E-state index contributed by atoms with van der Waals surface area (Å²) in [6.07, 6.45) is 1.29. The molecule has 1 aromatic carbocycles. The van der Waals surface area contributed by atoms with Crippen molar-refractivity contribution < 1.29 is 23.9 Å². The standard InChI is InChI=1S/C21H30N2O5/c1-5-27-18(24)14-28-17-8-6-7-16(13-17)22-19(25)15-9-11-23(12-10-15)20(26)21(2,3)4/h6-8,13,15H,5,9-12,14H2,1-4H3,(H,22,25). The lowest BCUT2D eigenvalue weighted by Gasteiger charge is -2.35. The van der Waals surface area contributed by atoms with Crippen LogP contribution in [0.5, 0.6) is 5.75 Å². The topological polar surface area (TPSA) is 84.9 Å². The maximum atomic E-state index is 12.6. The first-order valence-corrected chi connectivity index (χ1v) is 9.69. The predicted octanol–water partition coefficient (Wildman–Crippen LogP) is 2.85. The van der Waals surface area contributed by atoms with E-state index in [9.17, 15) is 14.4 Å². The third kappa shape index (κ3) is 6.25. The van der Waals surface area contributed by atoms with Crippen LogP contribution >= 0.6 is 0 Å². The Morgan fingerprint density at radius 2 is 1.86 bits per heavy atom. The number of amides is 2. The summed E-state index contributed by atoms with van der Waals surface area (Å²) < 4.78 is 10.2. The molecule has 7 heteroatoms. The summed E-state index contributed by atoms with van der Waals surface area (Å²) in [5.74, 6) is -0.0266. The molecule has 0 bridgehead atoms. The Morgan fingerprint density at radius 3 is 2.46 bits per heavy atom. The van der Waals surface area contributed by atoms with Crippen molar-refractivity contribution >= 4 is 23.5 Å². The fourth-order valence-corrected chi connectivity index (χ4v) is 3.07. The number of hydrogen-bond acceptors (Lipinski definition) is 5. The number of likely N-dealkylation sites (tertiary alicyclic amines) is 1. The van der Waals surface area contributed by atoms with Crippen molar-refractivity contribution in [2.75, 3.05) is 31.6 Å². The first-order chi connectivity index (χ1) is 13.2. The average Bonchev–Trinajstić information content (AvgIpc) is 2.66. The Hall–Kier alpha value is -2.57. The molecule has 0 aliphatic carbocycles. The Kier molecular flexibility index (Phi) is 7.43. The Morgan fingerprint density at radius 1 is 1.18 bits per heavy atom. The summed E-state index contributed by atoms with van der Waals surface area (Å²) in [6.45, 7) is 8.77. The number of piperidine rings is 1. The van der Waals surface area contributed by atoms with Crippen molar-refractivity contribution in [3.63, 3.8) is 0 Å². The third-order valence-electron chi connectivity index (χ3n) is 4.56. The molecule has 1 aliphatic heterocycles. The zero-order valence-corrected chi connectivity index (χ0v) is 17.1. The van der Waals surface area contributed by atoms with Gasteiger partial charge in [0, 0.05) is 36.2 Å². The zero-order chi connectivity index (χ0) is 20.7. The van der Waals surface area contributed by atoms with E-state index in [0.717, 1.165) is 0 Å². The van der Waals surface area contributed by atoms with E-state index in [2.05, 4.69) is 5.32 Å². The van der Waals surface area contributed by atoms with E-state index < -0.39 is 11.4 Å². The van der Waals surface area contributed by atoms with E-state index in [4.69, 9.17) is 9.47 Å². The number of benzene rings is 1. The predicted molar refractivity (Wildman–Crippen MR) is 106 cm³/mol. The number of carbonyl (C=O) groups excluding carboxylic acids is 3. The minimum atomic E-state index is -0.437. The van der Waals surface area contributed by atoms with Gasteiger partial charge in [0.15, 0.2) is 6.61 Å². The number of nitrogens with zero attached hydrogens (tertiary/aromatic N) is 1. The molecule has 0 radical (unpaired) electrons. The van der Waals surface area contributed by atoms with Gasteiger partial charge in [-0.05, 0) is 31.9 Å². The quantitative estimate of drug-likeness (QED) is 0.755. The van der Waals surface area contributed by atoms with Gasteiger partial charge in [0.25, 0.3) is 0 Å². The summed E-state index contributed by atoms with van der Waals surface area (Å²) in [4.78, 5) is 38.1. The monoisotopic (exact) mass is 390 g/mol. The van der Waals surface area contributed by atoms with E-state index >= 15 is 0 Å². The first-order valence-electron chi connectivity index (χ1n) is 9.69. The Balaban J connectivity index is 1.86. The molecule has 1 N–H and O–H groups in total. The fourth-order valence-electron chi connectivity index (χ4n) is 3.07. The number of rotatable bonds is 6. The van der Waals surface area contributed by atoms with Gasteiger partial charge in [0.2, 0.25) is 11.8 Å². The van der Waals surface area contributed by atoms with E-state index in [1.807, 2.05) is 25.7 Å². The fraction of sp³-hybridized carbons (Fsp3) is 0.571. The molecule has 1 heterocycles. The van der Waals surface area contributed by atoms with Gasteiger partial charge in [0.1, 0.15) is 5.75 Å². The number of esters is 1. The highest BCUT2D eigenvalue weighted by atomic mass is 16.6. The SMILES string of the molecule is CCOC(=O)COc1cccc(NC(=O)C2CCN(C(=O)C(C)(C)C)CC2)c1. The van der Waals surface area contributed by atoms with E-state index in [1.54, 1.807) is 31.2 Å². The molecular weight excluding hydrogens is 360 g/mol. The van der Waals surface area contributed by atoms with Crippen LogP contribution in [-0.2, 0) is 19.1 Å². The van der Waals surface area contributed by atoms with Gasteiger partial charge < -0.3 is 19.7 Å². The number of ether oxygens (including phenoxy) is 2. The summed E-state index contributed by atoms with van der Waals surface area (Å²) in [6, 6.07) is 6.91. The molecule has 2 rings (SSSR count). The lowest BCUT2D eigenvalue weighted by Crippen LogP contribution is -2.45. The summed E-state index contributed by atoms with van der Waals surface area (Å²) in [5, 5.41) is 2.90. The van der Waals surface area contributed by atoms with Gasteiger partial charge in [-0.2, -0.15) is 0 Å². The number of anilines is 1. The van der Waals surface area contributed by atoms with Crippen LogP contribution < -0.4 is 10.1 Å². The Bertz CT molecular complexity index is 703. The zero-order valence-electron chi connectivity index (χ0n) is 17.1. The van der Waals surface area contributed by atoms with Gasteiger partial charge >= 0.3 is 5.97 Å². The molecule has 7 nitrogen and oxygen atoms in total. The molecule has 0 unspecified atom stereocenters. The van der Waals surface area contributed by atoms with E-state index in [0.29, 0.717) is 44.0 Å². The molecular formula is C21H30N2O5. The molecule has 0 aromatic heterocycles. The van der Waals surface area contributed by atoms with Crippen molar-refractivity contribution in [3.8, 4) is 5.75 Å². The lowest BCUT2D eigenvalue weighted by atomic mass is 9.90. The molecule has 0 atom stereocenters. The van der Waals surface area contributed by atoms with E-state index in [-0.39, 0.29) is 24.3 Å². The highest BCUT2D eigenvalue weighted by Crippen LogP contribution is 2.25. The number of hydrogen-bond donors (Lipinski definition) is 1. The van der Waals surface area contributed by atoms with Crippen LogP contribution in [-0.4, -0.2) is 49.0 Å². The van der Waals surface area contributed by atoms with Crippen LogP contribution in [0.15, 0.2) is 24.3 Å². The van der Waals surface area contributed by atoms with Gasteiger partial charge in [-0.3, -0.25) is 9.59 Å². The minimum Gasteiger partial charge on any atom is -0.482 e. The molecule has 0 spiro atoms. The van der Waals surface area contributed by atoms with Crippen LogP contribution in [0, 0.1) is 11.3 Å². The van der Waals surface area contributed by atoms with Gasteiger partial charge in [0.05, 0.1) is 6.61 Å². The van der Waals surface area contributed by atoms with Crippen molar-refractivity contribution in [2.45, 2.75) is 40.5 Å². The van der Waals surface area contributed by atoms with Crippen LogP contribution in [0.3, 0.4) is 0 Å². The first kappa shape index (κ1) is 21.7. The summed E-state index contributed by atoms with van der Waals surface area (Å²) in [5.41, 5.74) is 0.207. The molecule has 1 aromatic rings. The second kappa shape index (κ2) is 9.57. The van der Waals surface area contributed by atoms with E-state index in [1.165, 1.54) is 0 Å². The second-order valence-electron chi connectivity index (χ2n) is 7.93. The van der Waals surface area contributed by atoms with Crippen molar-refractivity contribution in [1.29, 1.82) is 0 Å². The highest BCUT2D eigenvalue weighted by molar-refractivity contribution is 5.93. The van der Waals surface area contributed by atoms with Crippen LogP contribution in [0.4, 0.5) is 5.69 Å². The molecule has 28 heavy (non-hydrogen) atoms. The van der Waals surface area contributed by atoms with Gasteiger partial charge in [-0.1, -0.05) is 26.8 Å². The average molecular weight is 390 g/mol. The molecule has 0 saturated carbocycles. The van der Waals surface area contributed by atoms with Crippen LogP contribution in [0.1, 0.15) is 40.5 Å². The molecule has 1 fully saturated rings. The maximum absolute atomic E-state index is 12.6. The smallest absolute Gasteiger partial charge is 0.344 e. The normalized spacial score (nSPS) is 15.1. The van der Waals surface area contributed by atoms with Crippen LogP contribution in [0.2, 0.25) is 0 Å². The van der Waals surface area contributed by atoms with Crippen molar-refractivity contribution in [2.24, 2.45) is 11.3 Å². The van der Waals surface area contributed by atoms with Crippen molar-refractivity contribution in [1.82, 2.24) is 4.90 Å². The molecule has 1 aliphatic rings. The second-order valence-corrected chi connectivity index (χ2v) is 7.93. The number of nitrogens with one attached hydrogen (secondary N) is 1. The van der Waals surface area contributed by atoms with Crippen molar-refractivity contribution in [3.05, 3.63) is 24.3 Å². The highest BCUT2D eigenvalue weighted by Gasteiger charge is 2.32. The minimum absolute atomic E-state index is 0.0644. The van der Waals surface area contributed by atoms with Crippen LogP contribution in [0.25, 0.3) is 0 Å². The van der Waals surface area contributed by atoms with Gasteiger partial charge in [-0.25, -0.2) is 4.79 Å². The summed E-state index contributed by atoms with van der Waals surface area (Å²) >= 11 is 0. The third-order valence-corrected chi connectivity index (χ3v) is 4.56. The molecule has 2 amide bonds. The molecule has 154 valence electrons. The largest absolute Gasteiger partial charge is 0.482 e.